The number of nitrogen functional groups attached to an aromatic ring is 1. The molecule has 0 spiro atoms. The summed E-state index contributed by atoms with van der Waals surface area (Å²) in [6.45, 7) is 0. The van der Waals surface area contributed by atoms with Gasteiger partial charge in [-0.15, -0.1) is 0 Å². The van der Waals surface area contributed by atoms with E-state index in [0.29, 0.717) is 22.5 Å². The molecule has 0 bridgehead atoms. The van der Waals surface area contributed by atoms with E-state index in [1.807, 2.05) is 42.5 Å². The lowest BCUT2D eigenvalue weighted by molar-refractivity contribution is 0.0792. The summed E-state index contributed by atoms with van der Waals surface area (Å²) < 4.78 is 0. The Morgan fingerprint density at radius 2 is 1.81 bits per heavy atom. The third-order valence-electron chi connectivity index (χ3n) is 5.64. The molecule has 0 aliphatic heterocycles. The molecule has 0 saturated heterocycles. The number of anilines is 2. The molecule has 1 atom stereocenters. The van der Waals surface area contributed by atoms with Crippen LogP contribution in [0.5, 0.6) is 0 Å². The Morgan fingerprint density at radius 3 is 2.56 bits per heavy atom. The van der Waals surface area contributed by atoms with E-state index >= 15 is 0 Å². The van der Waals surface area contributed by atoms with Crippen molar-refractivity contribution in [2.24, 2.45) is 0 Å². The zero-order valence-electron chi connectivity index (χ0n) is 17.6. The molecule has 1 aliphatic rings. The van der Waals surface area contributed by atoms with Crippen molar-refractivity contribution in [2.75, 3.05) is 11.1 Å². The SMILES string of the molecule is Nc1ncc(-c2cccc(C(O)N[C@H]3CC[C@H](O)CC3)c2)nc1C(=O)Nc1ccccc1. The predicted molar refractivity (Wildman–Crippen MR) is 123 cm³/mol. The number of nitrogens with zero attached hydrogens (tertiary/aromatic N) is 2. The van der Waals surface area contributed by atoms with Gasteiger partial charge >= 0.3 is 0 Å². The van der Waals surface area contributed by atoms with Gasteiger partial charge in [-0.05, 0) is 49.4 Å². The van der Waals surface area contributed by atoms with E-state index in [1.54, 1.807) is 12.1 Å². The van der Waals surface area contributed by atoms with Crippen LogP contribution in [0.2, 0.25) is 0 Å². The van der Waals surface area contributed by atoms with E-state index in [2.05, 4.69) is 20.6 Å². The van der Waals surface area contributed by atoms with Gasteiger partial charge in [0.25, 0.3) is 5.91 Å². The third-order valence-corrected chi connectivity index (χ3v) is 5.64. The van der Waals surface area contributed by atoms with Crippen LogP contribution in [0.1, 0.15) is 48.0 Å². The van der Waals surface area contributed by atoms with Crippen molar-refractivity contribution in [3.8, 4) is 11.3 Å². The predicted octanol–water partition coefficient (Wildman–Crippen LogP) is 2.86. The molecule has 2 aromatic carbocycles. The molecule has 1 fully saturated rings. The van der Waals surface area contributed by atoms with Crippen LogP contribution in [0.15, 0.2) is 60.8 Å². The van der Waals surface area contributed by atoms with E-state index in [-0.39, 0.29) is 23.7 Å². The highest BCUT2D eigenvalue weighted by molar-refractivity contribution is 6.05. The lowest BCUT2D eigenvalue weighted by atomic mass is 9.93. The number of rotatable bonds is 6. The molecule has 8 nitrogen and oxygen atoms in total. The van der Waals surface area contributed by atoms with Crippen LogP contribution in [0.25, 0.3) is 11.3 Å². The van der Waals surface area contributed by atoms with Crippen LogP contribution in [0.3, 0.4) is 0 Å². The van der Waals surface area contributed by atoms with Gasteiger partial charge in [-0.3, -0.25) is 10.1 Å². The first-order valence-electron chi connectivity index (χ1n) is 10.7. The molecular weight excluding hydrogens is 406 g/mol. The first kappa shape index (κ1) is 21.9. The number of nitrogens with two attached hydrogens (primary N) is 1. The quantitative estimate of drug-likeness (QED) is 0.377. The molecular formula is C24H27N5O3. The number of hydrogen-bond donors (Lipinski definition) is 5. The van der Waals surface area contributed by atoms with Crippen LogP contribution in [-0.2, 0) is 0 Å². The first-order valence-corrected chi connectivity index (χ1v) is 10.7. The highest BCUT2D eigenvalue weighted by atomic mass is 16.3. The van der Waals surface area contributed by atoms with Crippen molar-refractivity contribution in [3.63, 3.8) is 0 Å². The second kappa shape index (κ2) is 9.86. The lowest BCUT2D eigenvalue weighted by Gasteiger charge is -2.28. The van der Waals surface area contributed by atoms with Crippen molar-refractivity contribution in [2.45, 2.75) is 44.1 Å². The Hall–Kier alpha value is -3.33. The maximum absolute atomic E-state index is 12.7. The number of carbonyl (C=O) groups is 1. The molecule has 8 heteroatoms. The average Bonchev–Trinajstić information content (AvgIpc) is 2.81. The van der Waals surface area contributed by atoms with Crippen LogP contribution >= 0.6 is 0 Å². The molecule has 1 saturated carbocycles. The topological polar surface area (TPSA) is 133 Å². The van der Waals surface area contributed by atoms with Crippen LogP contribution in [0, 0.1) is 0 Å². The van der Waals surface area contributed by atoms with E-state index < -0.39 is 12.1 Å². The molecule has 3 aromatic rings. The summed E-state index contributed by atoms with van der Waals surface area (Å²) in [5.74, 6) is -0.403. The van der Waals surface area contributed by atoms with Crippen molar-refractivity contribution < 1.29 is 15.0 Å². The number of para-hydroxylation sites is 1. The maximum Gasteiger partial charge on any atom is 0.278 e. The van der Waals surface area contributed by atoms with Gasteiger partial charge in [0.05, 0.1) is 18.0 Å². The zero-order chi connectivity index (χ0) is 22.5. The van der Waals surface area contributed by atoms with Gasteiger partial charge in [-0.1, -0.05) is 36.4 Å². The number of carbonyl (C=O) groups excluding carboxylic acids is 1. The standard InChI is InChI=1S/C24H27N5O3/c25-22-21(24(32)28-17-7-2-1-3-8-17)29-20(14-26-22)15-5-4-6-16(13-15)23(31)27-18-9-11-19(30)12-10-18/h1-8,13-14,18-19,23,27,30-31H,9-12H2,(H2,25,26)(H,28,32)/t18-,19-,23?. The molecule has 6 N–H and O–H groups in total. The smallest absolute Gasteiger partial charge is 0.278 e. The number of hydrogen-bond acceptors (Lipinski definition) is 7. The van der Waals surface area contributed by atoms with Crippen molar-refractivity contribution >= 4 is 17.4 Å². The van der Waals surface area contributed by atoms with Gasteiger partial charge in [-0.2, -0.15) is 0 Å². The molecule has 1 unspecified atom stereocenters. The molecule has 32 heavy (non-hydrogen) atoms. The normalized spacial score (nSPS) is 19.3. The Bertz CT molecular complexity index is 1070. The number of aliphatic hydroxyl groups excluding tert-OH is 2. The summed E-state index contributed by atoms with van der Waals surface area (Å²) in [6.07, 6.45) is 3.53. The largest absolute Gasteiger partial charge is 0.393 e. The summed E-state index contributed by atoms with van der Waals surface area (Å²) in [5, 5.41) is 26.3. The highest BCUT2D eigenvalue weighted by Crippen LogP contribution is 2.25. The Labute approximate surface area is 186 Å². The monoisotopic (exact) mass is 433 g/mol. The maximum atomic E-state index is 12.7. The van der Waals surface area contributed by atoms with Crippen molar-refractivity contribution in [1.29, 1.82) is 0 Å². The fourth-order valence-electron chi connectivity index (χ4n) is 3.85. The van der Waals surface area contributed by atoms with Crippen LogP contribution in [0.4, 0.5) is 11.5 Å². The summed E-state index contributed by atoms with van der Waals surface area (Å²) in [4.78, 5) is 21.3. The number of aliphatic hydroxyl groups is 2. The van der Waals surface area contributed by atoms with Crippen LogP contribution in [-0.4, -0.2) is 38.2 Å². The molecule has 1 aromatic heterocycles. The highest BCUT2D eigenvalue weighted by Gasteiger charge is 2.22. The Kier molecular flexibility index (Phi) is 6.75. The van der Waals surface area contributed by atoms with E-state index in [0.717, 1.165) is 25.7 Å². The number of benzene rings is 2. The van der Waals surface area contributed by atoms with Crippen molar-refractivity contribution in [3.05, 3.63) is 72.1 Å². The minimum Gasteiger partial charge on any atom is -0.393 e. The number of aromatic nitrogens is 2. The van der Waals surface area contributed by atoms with Crippen molar-refractivity contribution in [1.82, 2.24) is 15.3 Å². The molecule has 1 heterocycles. The second-order valence-corrected chi connectivity index (χ2v) is 8.01. The molecule has 166 valence electrons. The first-order chi connectivity index (χ1) is 15.5. The summed E-state index contributed by atoms with van der Waals surface area (Å²) in [6, 6.07) is 16.5. The molecule has 4 rings (SSSR count). The van der Waals surface area contributed by atoms with Crippen LogP contribution < -0.4 is 16.4 Å². The second-order valence-electron chi connectivity index (χ2n) is 8.01. The summed E-state index contributed by atoms with van der Waals surface area (Å²) in [5.41, 5.74) is 8.46. The van der Waals surface area contributed by atoms with Gasteiger partial charge < -0.3 is 21.3 Å². The Balaban J connectivity index is 1.51. The summed E-state index contributed by atoms with van der Waals surface area (Å²) >= 11 is 0. The average molecular weight is 434 g/mol. The van der Waals surface area contributed by atoms with Gasteiger partial charge in [0, 0.05) is 17.3 Å². The van der Waals surface area contributed by atoms with E-state index in [1.165, 1.54) is 6.20 Å². The van der Waals surface area contributed by atoms with Gasteiger partial charge in [0.2, 0.25) is 0 Å². The van der Waals surface area contributed by atoms with Gasteiger partial charge in [0.1, 0.15) is 6.23 Å². The minimum absolute atomic E-state index is 0.0381. The molecule has 0 radical (unpaired) electrons. The Morgan fingerprint density at radius 1 is 1.06 bits per heavy atom. The fourth-order valence-corrected chi connectivity index (χ4v) is 3.85. The molecule has 1 aliphatic carbocycles. The zero-order valence-corrected chi connectivity index (χ0v) is 17.6. The van der Waals surface area contributed by atoms with Gasteiger partial charge in [0.15, 0.2) is 11.5 Å². The molecule has 1 amide bonds. The van der Waals surface area contributed by atoms with E-state index in [4.69, 9.17) is 5.73 Å². The minimum atomic E-state index is -0.849. The van der Waals surface area contributed by atoms with E-state index in [9.17, 15) is 15.0 Å². The van der Waals surface area contributed by atoms with Gasteiger partial charge in [-0.25, -0.2) is 9.97 Å². The lowest BCUT2D eigenvalue weighted by Crippen LogP contribution is -2.37. The number of nitrogens with one attached hydrogen (secondary N) is 2. The fraction of sp³-hybridized carbons (Fsp3) is 0.292. The summed E-state index contributed by atoms with van der Waals surface area (Å²) in [7, 11) is 0. The number of amides is 1. The third kappa shape index (κ3) is 5.28.